The molecule has 0 aliphatic carbocycles. The van der Waals surface area contributed by atoms with Gasteiger partial charge in [0.05, 0.1) is 12.1 Å². The molecule has 1 rings (SSSR count). The van der Waals surface area contributed by atoms with Gasteiger partial charge in [0.2, 0.25) is 0 Å². The van der Waals surface area contributed by atoms with Crippen LogP contribution in [0, 0.1) is 11.8 Å². The zero-order chi connectivity index (χ0) is 23.5. The van der Waals surface area contributed by atoms with Crippen LogP contribution in [0.3, 0.4) is 0 Å². The molecule has 10 heteroatoms. The number of carbonyl (C=O) groups excluding carboxylic acids is 1. The van der Waals surface area contributed by atoms with Crippen molar-refractivity contribution in [1.29, 1.82) is 0 Å². The van der Waals surface area contributed by atoms with Crippen molar-refractivity contribution in [2.75, 3.05) is 25.9 Å². The molecule has 0 unspecified atom stereocenters. The van der Waals surface area contributed by atoms with Crippen LogP contribution in [0.15, 0.2) is 24.3 Å². The van der Waals surface area contributed by atoms with Crippen LogP contribution < -0.4 is 9.44 Å². The van der Waals surface area contributed by atoms with Gasteiger partial charge in [0.15, 0.2) is 0 Å². The summed E-state index contributed by atoms with van der Waals surface area (Å²) in [5.74, 6) is 3.73. The lowest BCUT2D eigenvalue weighted by Gasteiger charge is -2.23. The fraction of sp³-hybridized carbons (Fsp3) is 0.524. The molecule has 0 aliphatic rings. The van der Waals surface area contributed by atoms with Crippen LogP contribution in [-0.4, -0.2) is 57.3 Å². The molecule has 1 aromatic rings. The van der Waals surface area contributed by atoms with Gasteiger partial charge in [-0.1, -0.05) is 44.1 Å². The number of carbonyl (C=O) groups is 2. The molecule has 0 bridgehead atoms. The topological polar surface area (TPSA) is 122 Å². The number of benzene rings is 1. The Morgan fingerprint density at radius 1 is 1.19 bits per heavy atom. The maximum atomic E-state index is 12.5. The van der Waals surface area contributed by atoms with Crippen molar-refractivity contribution in [3.63, 3.8) is 0 Å². The van der Waals surface area contributed by atoms with Crippen molar-refractivity contribution in [3.05, 3.63) is 29.8 Å². The number of hydrogen-bond donors (Lipinski definition) is 3. The van der Waals surface area contributed by atoms with E-state index in [0.29, 0.717) is 5.56 Å². The molecular weight excluding hydrogens is 422 g/mol. The van der Waals surface area contributed by atoms with Crippen molar-refractivity contribution < 1.29 is 32.6 Å². The van der Waals surface area contributed by atoms with Gasteiger partial charge in [0.1, 0.15) is 27.2 Å². The Kier molecular flexibility index (Phi) is 10.5. The first-order valence-electron chi connectivity index (χ1n) is 10.1. The molecule has 172 valence electrons. The Bertz CT molecular complexity index is 913. The second-order valence-electron chi connectivity index (χ2n) is 7.87. The predicted molar refractivity (Wildman–Crippen MR) is 118 cm³/mol. The molecule has 9 nitrogen and oxygen atoms in total. The first-order valence-corrected chi connectivity index (χ1v) is 11.6. The number of nitrogens with one attached hydrogen (secondary N) is 2. The van der Waals surface area contributed by atoms with E-state index in [-0.39, 0.29) is 10.3 Å². The third-order valence-electron chi connectivity index (χ3n) is 3.83. The maximum Gasteiger partial charge on any atom is 0.384 e. The van der Waals surface area contributed by atoms with Crippen molar-refractivity contribution in [3.8, 4) is 11.8 Å². The number of carboxylic acid groups (broad SMARTS) is 1. The Hall–Kier alpha value is -2.61. The van der Waals surface area contributed by atoms with E-state index in [1.54, 1.807) is 39.3 Å². The summed E-state index contributed by atoms with van der Waals surface area (Å²) >= 11 is 0. The summed E-state index contributed by atoms with van der Waals surface area (Å²) in [6.07, 6.45) is 4.49. The fourth-order valence-electron chi connectivity index (χ4n) is 2.52. The number of unbranched alkanes of at least 4 members (excludes halogenated alkanes) is 4. The van der Waals surface area contributed by atoms with E-state index in [2.05, 4.69) is 23.5 Å². The number of rotatable bonds is 12. The summed E-state index contributed by atoms with van der Waals surface area (Å²) < 4.78 is 29.0. The molecule has 0 heterocycles. The third kappa shape index (κ3) is 12.0. The lowest BCUT2D eigenvalue weighted by atomic mass is 10.1. The second-order valence-corrected chi connectivity index (χ2v) is 9.31. The predicted octanol–water partition coefficient (Wildman–Crippen LogP) is 2.26. The summed E-state index contributed by atoms with van der Waals surface area (Å²) in [5, 5.41) is 9.02. The van der Waals surface area contributed by atoms with Crippen LogP contribution in [0.1, 0.15) is 51.0 Å². The average molecular weight is 455 g/mol. The van der Waals surface area contributed by atoms with Gasteiger partial charge in [-0.05, 0) is 24.6 Å². The van der Waals surface area contributed by atoms with Gasteiger partial charge >= 0.3 is 11.9 Å². The quantitative estimate of drug-likeness (QED) is 0.193. The highest BCUT2D eigenvalue weighted by atomic mass is 32.2. The van der Waals surface area contributed by atoms with Crippen LogP contribution in [0.4, 0.5) is 5.69 Å². The summed E-state index contributed by atoms with van der Waals surface area (Å²) in [7, 11) is 0.370. The largest absolute Gasteiger partial charge is 0.481 e. The Balaban J connectivity index is 2.84. The number of hydrogen-bond acceptors (Lipinski definition) is 5. The first kappa shape index (κ1) is 26.4. The molecule has 31 heavy (non-hydrogen) atoms. The van der Waals surface area contributed by atoms with Gasteiger partial charge in [0, 0.05) is 12.0 Å². The molecule has 0 saturated heterocycles. The van der Waals surface area contributed by atoms with Crippen LogP contribution in [0.2, 0.25) is 0 Å². The Morgan fingerprint density at radius 2 is 1.90 bits per heavy atom. The van der Waals surface area contributed by atoms with Gasteiger partial charge in [0.25, 0.3) is 10.2 Å². The van der Waals surface area contributed by atoms with Crippen molar-refractivity contribution in [2.45, 2.75) is 51.5 Å². The zero-order valence-electron chi connectivity index (χ0n) is 18.5. The van der Waals surface area contributed by atoms with E-state index >= 15 is 0 Å². The number of anilines is 1. The highest BCUT2D eigenvalue weighted by molar-refractivity contribution is 7.90. The molecule has 0 radical (unpaired) electrons. The monoisotopic (exact) mass is 454 g/mol. The number of quaternary nitrogens is 1. The molecule has 0 saturated carbocycles. The molecule has 0 aromatic heterocycles. The first-order chi connectivity index (χ1) is 14.4. The van der Waals surface area contributed by atoms with Gasteiger partial charge < -0.3 is 5.11 Å². The highest BCUT2D eigenvalue weighted by Crippen LogP contribution is 2.12. The van der Waals surface area contributed by atoms with E-state index in [9.17, 15) is 18.0 Å². The third-order valence-corrected chi connectivity index (χ3v) is 4.93. The second kappa shape index (κ2) is 12.3. The van der Waals surface area contributed by atoms with E-state index in [1.807, 2.05) is 4.72 Å². The van der Waals surface area contributed by atoms with Crippen molar-refractivity contribution in [1.82, 2.24) is 4.72 Å². The summed E-state index contributed by atoms with van der Waals surface area (Å²) in [6, 6.07) is 4.92. The van der Waals surface area contributed by atoms with Crippen molar-refractivity contribution in [2.24, 2.45) is 0 Å². The minimum absolute atomic E-state index is 0.235. The van der Waals surface area contributed by atoms with E-state index < -0.39 is 34.6 Å². The SMILES string of the molecule is CCCCCCC#Cc1cccc(NS(=O)(=O)N[C@H](CC(=O)O)C(=O)O[N+](C)(C)C)c1. The lowest BCUT2D eigenvalue weighted by Crippen LogP contribution is -2.49. The van der Waals surface area contributed by atoms with Gasteiger partial charge in [-0.3, -0.25) is 14.4 Å². The zero-order valence-corrected chi connectivity index (χ0v) is 19.3. The van der Waals surface area contributed by atoms with Gasteiger partial charge in [-0.25, -0.2) is 4.79 Å². The number of aliphatic carboxylic acids is 1. The molecule has 1 atom stereocenters. The minimum Gasteiger partial charge on any atom is -0.481 e. The van der Waals surface area contributed by atoms with Gasteiger partial charge in [-0.2, -0.15) is 13.1 Å². The van der Waals surface area contributed by atoms with Crippen LogP contribution in [0.5, 0.6) is 0 Å². The number of hydroxylamine groups is 3. The molecule has 0 amide bonds. The summed E-state index contributed by atoms with van der Waals surface area (Å²) in [4.78, 5) is 28.3. The van der Waals surface area contributed by atoms with Crippen LogP contribution in [-0.2, 0) is 24.6 Å². The van der Waals surface area contributed by atoms with E-state index in [4.69, 9.17) is 9.94 Å². The fourth-order valence-corrected chi connectivity index (χ4v) is 3.57. The molecule has 3 N–H and O–H groups in total. The Morgan fingerprint density at radius 3 is 2.52 bits per heavy atom. The molecular formula is C21H32N3O6S+. The smallest absolute Gasteiger partial charge is 0.384 e. The van der Waals surface area contributed by atoms with Crippen molar-refractivity contribution >= 4 is 27.8 Å². The van der Waals surface area contributed by atoms with E-state index in [1.165, 1.54) is 12.5 Å². The molecule has 0 spiro atoms. The minimum atomic E-state index is -4.25. The lowest BCUT2D eigenvalue weighted by molar-refractivity contribution is -1.04. The average Bonchev–Trinajstić information content (AvgIpc) is 2.62. The number of nitrogens with zero attached hydrogens (tertiary/aromatic N) is 1. The standard InChI is InChI=1S/C21H31N3O6S/c1-5-6-7-8-9-10-12-17-13-11-14-18(15-17)22-31(28,29)23-19(16-20(25)26)21(27)30-24(2,3)4/h11,13-15,19,22-23H,5-9,16H2,1-4H3/p+1/t19-/m1/s1. The van der Waals surface area contributed by atoms with Gasteiger partial charge in [-0.15, -0.1) is 4.65 Å². The maximum absolute atomic E-state index is 12.5. The molecule has 1 aromatic carbocycles. The molecule has 0 fully saturated rings. The summed E-state index contributed by atoms with van der Waals surface area (Å²) in [5.41, 5.74) is 0.876. The van der Waals surface area contributed by atoms with Crippen LogP contribution in [0.25, 0.3) is 0 Å². The van der Waals surface area contributed by atoms with Crippen LogP contribution >= 0.6 is 0 Å². The molecule has 0 aliphatic heterocycles. The highest BCUT2D eigenvalue weighted by Gasteiger charge is 2.32. The normalized spacial score (nSPS) is 12.4. The summed E-state index contributed by atoms with van der Waals surface area (Å²) in [6.45, 7) is 2.14. The van der Waals surface area contributed by atoms with E-state index in [0.717, 1.165) is 25.7 Å². The Labute approximate surface area is 184 Å². The number of carboxylic acids is 1.